The number of aliphatic hydroxyl groups excluding tert-OH is 1. The van der Waals surface area contributed by atoms with Gasteiger partial charge in [-0.1, -0.05) is 115 Å². The van der Waals surface area contributed by atoms with Gasteiger partial charge in [0.05, 0.1) is 19.4 Å². The number of pyridine rings is 1. The van der Waals surface area contributed by atoms with E-state index in [0.29, 0.717) is 24.6 Å². The van der Waals surface area contributed by atoms with Crippen molar-refractivity contribution in [1.82, 2.24) is 4.57 Å². The number of anilines is 1. The molecule has 5 heteroatoms. The third-order valence-electron chi connectivity index (χ3n) is 7.41. The van der Waals surface area contributed by atoms with E-state index in [4.69, 9.17) is 4.74 Å². The van der Waals surface area contributed by atoms with Crippen LogP contribution in [0.5, 0.6) is 5.75 Å². The van der Waals surface area contributed by atoms with E-state index in [1.807, 2.05) is 18.7 Å². The second-order valence-corrected chi connectivity index (χ2v) is 11.0. The van der Waals surface area contributed by atoms with Gasteiger partial charge in [0.25, 0.3) is 0 Å². The molecule has 1 heterocycles. The standard InChI is InChI=1S/C33H54N2O3/c1-4-5-6-7-8-9-10-11-12-13-14-15-16-17-18-19-24-38-33-27-35(31(28-36)25-32(33)37)26-29-20-22-30(23-21-29)34(2)3/h20-23,25,27,36H,4-19,24,26,28H2,1-3H3. The Bertz CT molecular complexity index is 921. The normalized spacial score (nSPS) is 11.2. The molecule has 1 aromatic carbocycles. The summed E-state index contributed by atoms with van der Waals surface area (Å²) in [6.45, 7) is 3.25. The zero-order valence-electron chi connectivity index (χ0n) is 24.6. The number of benzene rings is 1. The SMILES string of the molecule is CCCCCCCCCCCCCCCCCCOc1cn(Cc2ccc(N(C)C)cc2)c(CO)cc1=O. The quantitative estimate of drug-likeness (QED) is 0.158. The summed E-state index contributed by atoms with van der Waals surface area (Å²) < 4.78 is 7.77. The van der Waals surface area contributed by atoms with E-state index < -0.39 is 0 Å². The zero-order valence-corrected chi connectivity index (χ0v) is 24.6. The maximum Gasteiger partial charge on any atom is 0.223 e. The van der Waals surface area contributed by atoms with Gasteiger partial charge in [-0.15, -0.1) is 0 Å². The number of rotatable bonds is 22. The molecule has 0 amide bonds. The van der Waals surface area contributed by atoms with Crippen molar-refractivity contribution in [2.75, 3.05) is 25.6 Å². The van der Waals surface area contributed by atoms with Crippen LogP contribution in [0, 0.1) is 0 Å². The summed E-state index contributed by atoms with van der Waals surface area (Å²) >= 11 is 0. The number of aromatic nitrogens is 1. The van der Waals surface area contributed by atoms with Gasteiger partial charge in [-0.05, 0) is 24.1 Å². The van der Waals surface area contributed by atoms with E-state index in [1.54, 1.807) is 6.20 Å². The summed E-state index contributed by atoms with van der Waals surface area (Å²) in [5, 5.41) is 9.75. The smallest absolute Gasteiger partial charge is 0.223 e. The van der Waals surface area contributed by atoms with Crippen LogP contribution >= 0.6 is 0 Å². The number of unbranched alkanes of at least 4 members (excludes halogenated alkanes) is 15. The number of hydrogen-bond acceptors (Lipinski definition) is 4. The third-order valence-corrected chi connectivity index (χ3v) is 7.41. The van der Waals surface area contributed by atoms with Crippen molar-refractivity contribution in [2.45, 2.75) is 123 Å². The van der Waals surface area contributed by atoms with Crippen molar-refractivity contribution < 1.29 is 9.84 Å². The van der Waals surface area contributed by atoms with E-state index in [9.17, 15) is 9.90 Å². The van der Waals surface area contributed by atoms with Crippen LogP contribution in [0.15, 0.2) is 41.3 Å². The van der Waals surface area contributed by atoms with Crippen molar-refractivity contribution in [3.8, 4) is 5.75 Å². The average molecular weight is 527 g/mol. The first-order valence-electron chi connectivity index (χ1n) is 15.3. The minimum atomic E-state index is -0.176. The second-order valence-electron chi connectivity index (χ2n) is 11.0. The van der Waals surface area contributed by atoms with E-state index in [-0.39, 0.29) is 12.0 Å². The van der Waals surface area contributed by atoms with Crippen molar-refractivity contribution in [1.29, 1.82) is 0 Å². The van der Waals surface area contributed by atoms with E-state index >= 15 is 0 Å². The van der Waals surface area contributed by atoms with Crippen molar-refractivity contribution in [3.05, 3.63) is 58.0 Å². The molecule has 2 aromatic rings. The zero-order chi connectivity index (χ0) is 27.4. The van der Waals surface area contributed by atoms with Gasteiger partial charge in [-0.25, -0.2) is 0 Å². The lowest BCUT2D eigenvalue weighted by atomic mass is 10.0. The highest BCUT2D eigenvalue weighted by molar-refractivity contribution is 5.46. The maximum atomic E-state index is 12.5. The third kappa shape index (κ3) is 13.0. The topological polar surface area (TPSA) is 54.7 Å². The summed E-state index contributed by atoms with van der Waals surface area (Å²) in [7, 11) is 4.03. The first kappa shape index (κ1) is 31.9. The summed E-state index contributed by atoms with van der Waals surface area (Å²) in [6.07, 6.45) is 23.1. The van der Waals surface area contributed by atoms with Gasteiger partial charge < -0.3 is 19.3 Å². The van der Waals surface area contributed by atoms with Crippen molar-refractivity contribution in [3.63, 3.8) is 0 Å². The molecule has 0 bridgehead atoms. The van der Waals surface area contributed by atoms with Crippen molar-refractivity contribution in [2.24, 2.45) is 0 Å². The highest BCUT2D eigenvalue weighted by Gasteiger charge is 2.09. The van der Waals surface area contributed by atoms with E-state index in [1.165, 1.54) is 96.0 Å². The molecule has 0 saturated carbocycles. The summed E-state index contributed by atoms with van der Waals surface area (Å²) in [5.74, 6) is 0.369. The van der Waals surface area contributed by atoms with Gasteiger partial charge in [0.15, 0.2) is 5.75 Å². The first-order chi connectivity index (χ1) is 18.5. The lowest BCUT2D eigenvalue weighted by molar-refractivity contribution is 0.267. The van der Waals surface area contributed by atoms with Gasteiger partial charge in [0, 0.05) is 38.1 Å². The molecular weight excluding hydrogens is 472 g/mol. The Morgan fingerprint density at radius 2 is 1.26 bits per heavy atom. The fourth-order valence-electron chi connectivity index (χ4n) is 4.91. The molecule has 0 fully saturated rings. The molecule has 1 N–H and O–H groups in total. The van der Waals surface area contributed by atoms with E-state index in [0.717, 1.165) is 24.1 Å². The minimum Gasteiger partial charge on any atom is -0.488 e. The molecule has 0 atom stereocenters. The Hall–Kier alpha value is -2.27. The fraction of sp³-hybridized carbons (Fsp3) is 0.667. The predicted octanol–water partition coefficient (Wildman–Crippen LogP) is 8.10. The lowest BCUT2D eigenvalue weighted by Gasteiger charge is -2.16. The number of hydrogen-bond donors (Lipinski definition) is 1. The van der Waals surface area contributed by atoms with Crippen LogP contribution in [0.1, 0.15) is 121 Å². The van der Waals surface area contributed by atoms with Crippen LogP contribution in [0.3, 0.4) is 0 Å². The summed E-state index contributed by atoms with van der Waals surface area (Å²) in [6, 6.07) is 9.80. The Morgan fingerprint density at radius 3 is 1.74 bits per heavy atom. The highest BCUT2D eigenvalue weighted by atomic mass is 16.5. The monoisotopic (exact) mass is 526 g/mol. The molecule has 5 nitrogen and oxygen atoms in total. The summed E-state index contributed by atoms with van der Waals surface area (Å²) in [5.41, 5.74) is 2.68. The molecule has 38 heavy (non-hydrogen) atoms. The van der Waals surface area contributed by atoms with Crippen LogP contribution in [0.4, 0.5) is 5.69 Å². The van der Waals surface area contributed by atoms with Crippen LogP contribution in [-0.4, -0.2) is 30.4 Å². The highest BCUT2D eigenvalue weighted by Crippen LogP contribution is 2.17. The Kier molecular flexibility index (Phi) is 16.6. The minimum absolute atomic E-state index is 0.162. The molecule has 0 spiro atoms. The predicted molar refractivity (Wildman–Crippen MR) is 162 cm³/mol. The van der Waals surface area contributed by atoms with Gasteiger partial charge in [-0.3, -0.25) is 4.79 Å². The lowest BCUT2D eigenvalue weighted by Crippen LogP contribution is -2.16. The second kappa shape index (κ2) is 19.7. The van der Waals surface area contributed by atoms with Gasteiger partial charge in [-0.2, -0.15) is 0 Å². The molecule has 0 unspecified atom stereocenters. The molecule has 0 aliphatic heterocycles. The molecule has 0 aliphatic carbocycles. The van der Waals surface area contributed by atoms with Crippen LogP contribution in [0.25, 0.3) is 0 Å². The molecular formula is C33H54N2O3. The Labute approximate surface area is 232 Å². The van der Waals surface area contributed by atoms with Gasteiger partial charge in [0.2, 0.25) is 5.43 Å². The summed E-state index contributed by atoms with van der Waals surface area (Å²) in [4.78, 5) is 14.5. The largest absolute Gasteiger partial charge is 0.488 e. The molecule has 0 radical (unpaired) electrons. The molecule has 0 aliphatic rings. The molecule has 2 rings (SSSR count). The molecule has 1 aromatic heterocycles. The number of aliphatic hydroxyl groups is 1. The van der Waals surface area contributed by atoms with Crippen LogP contribution < -0.4 is 15.1 Å². The van der Waals surface area contributed by atoms with Gasteiger partial charge in [0.1, 0.15) is 0 Å². The Balaban J connectivity index is 1.58. The van der Waals surface area contributed by atoms with Crippen LogP contribution in [0.2, 0.25) is 0 Å². The maximum absolute atomic E-state index is 12.5. The first-order valence-corrected chi connectivity index (χ1v) is 15.3. The van der Waals surface area contributed by atoms with E-state index in [2.05, 4.69) is 36.1 Å². The fourth-order valence-corrected chi connectivity index (χ4v) is 4.91. The molecule has 0 saturated heterocycles. The average Bonchev–Trinajstić information content (AvgIpc) is 2.92. The van der Waals surface area contributed by atoms with Crippen molar-refractivity contribution >= 4 is 5.69 Å². The molecule has 214 valence electrons. The Morgan fingerprint density at radius 1 is 0.763 bits per heavy atom. The van der Waals surface area contributed by atoms with Gasteiger partial charge >= 0.3 is 0 Å². The van der Waals surface area contributed by atoms with Crippen LogP contribution in [-0.2, 0) is 13.2 Å². The number of ether oxygens (including phenoxy) is 1. The number of nitrogens with zero attached hydrogens (tertiary/aromatic N) is 2.